The lowest BCUT2D eigenvalue weighted by atomic mass is 10.0. The molecule has 0 fully saturated rings. The Morgan fingerprint density at radius 2 is 1.17 bits per heavy atom. The van der Waals surface area contributed by atoms with Gasteiger partial charge in [-0.1, -0.05) is 60.4 Å². The molecule has 0 saturated carbocycles. The minimum atomic E-state index is -0.314. The van der Waals surface area contributed by atoms with Gasteiger partial charge in [-0.25, -0.2) is 4.90 Å². The number of benzene rings is 4. The molecule has 3 nitrogen and oxygen atoms in total. The van der Waals surface area contributed by atoms with Gasteiger partial charge in [-0.05, 0) is 53.2 Å². The molecule has 4 aromatic carbocycles. The smallest absolute Gasteiger partial charge is 0.266 e. The molecule has 3 heteroatoms. The van der Waals surface area contributed by atoms with E-state index in [9.17, 15) is 9.59 Å². The van der Waals surface area contributed by atoms with Crippen molar-refractivity contribution in [1.29, 1.82) is 0 Å². The lowest BCUT2D eigenvalue weighted by Gasteiger charge is -2.13. The van der Waals surface area contributed by atoms with Crippen LogP contribution in [0.25, 0.3) is 10.8 Å². The summed E-state index contributed by atoms with van der Waals surface area (Å²) in [5.74, 6) is 5.65. The minimum Gasteiger partial charge on any atom is -0.268 e. The Balaban J connectivity index is 1.48. The highest BCUT2D eigenvalue weighted by molar-refractivity contribution is 6.34. The summed E-state index contributed by atoms with van der Waals surface area (Å²) in [4.78, 5) is 26.7. The molecule has 136 valence electrons. The highest BCUT2D eigenvalue weighted by Gasteiger charge is 2.36. The lowest BCUT2D eigenvalue weighted by molar-refractivity contribution is 0.0926. The number of hydrogen-bond acceptors (Lipinski definition) is 2. The number of nitrogens with zero attached hydrogens (tertiary/aromatic N) is 1. The molecule has 0 unspecified atom stereocenters. The number of amides is 2. The molecule has 1 heterocycles. The molecule has 1 aliphatic rings. The molecule has 0 N–H and O–H groups in total. The van der Waals surface area contributed by atoms with E-state index in [0.717, 1.165) is 10.9 Å². The van der Waals surface area contributed by atoms with Crippen molar-refractivity contribution in [1.82, 2.24) is 0 Å². The minimum absolute atomic E-state index is 0.301. The van der Waals surface area contributed by atoms with Crippen LogP contribution in [0.5, 0.6) is 0 Å². The number of carbonyl (C=O) groups excluding carboxylic acids is 2. The second kappa shape index (κ2) is 6.78. The summed E-state index contributed by atoms with van der Waals surface area (Å²) in [6, 6.07) is 28.3. The molecule has 4 aromatic rings. The number of fused-ring (bicyclic) bond motifs is 2. The van der Waals surface area contributed by atoms with Crippen molar-refractivity contribution in [2.24, 2.45) is 0 Å². The van der Waals surface area contributed by atoms with E-state index in [1.54, 1.807) is 42.5 Å². The van der Waals surface area contributed by atoms with E-state index < -0.39 is 0 Å². The van der Waals surface area contributed by atoms with Gasteiger partial charge >= 0.3 is 0 Å². The quantitative estimate of drug-likeness (QED) is 0.346. The van der Waals surface area contributed by atoms with Gasteiger partial charge in [0.15, 0.2) is 0 Å². The lowest BCUT2D eigenvalue weighted by Crippen LogP contribution is -2.29. The maximum absolute atomic E-state index is 12.8. The fourth-order valence-corrected chi connectivity index (χ4v) is 3.54. The fourth-order valence-electron chi connectivity index (χ4n) is 3.54. The molecule has 29 heavy (non-hydrogen) atoms. The molecular formula is C26H15NO2. The van der Waals surface area contributed by atoms with Gasteiger partial charge < -0.3 is 0 Å². The Morgan fingerprint density at radius 1 is 0.552 bits per heavy atom. The number of para-hydroxylation sites is 1. The summed E-state index contributed by atoms with van der Waals surface area (Å²) in [5, 5.41) is 2.30. The number of carbonyl (C=O) groups is 2. The maximum atomic E-state index is 12.8. The predicted molar refractivity (Wildman–Crippen MR) is 114 cm³/mol. The Labute approximate surface area is 168 Å². The third kappa shape index (κ3) is 2.97. The fraction of sp³-hybridized carbons (Fsp3) is 0. The highest BCUT2D eigenvalue weighted by atomic mass is 16.2. The molecule has 0 atom stereocenters. The van der Waals surface area contributed by atoms with Crippen molar-refractivity contribution in [3.63, 3.8) is 0 Å². The molecule has 5 rings (SSSR count). The normalized spacial score (nSPS) is 12.6. The van der Waals surface area contributed by atoms with E-state index in [1.807, 2.05) is 36.4 Å². The zero-order valence-electron chi connectivity index (χ0n) is 15.4. The first-order valence-corrected chi connectivity index (χ1v) is 9.29. The van der Waals surface area contributed by atoms with Gasteiger partial charge in [0.05, 0.1) is 16.8 Å². The molecule has 0 saturated heterocycles. The molecule has 2 amide bonds. The van der Waals surface area contributed by atoms with Crippen LogP contribution < -0.4 is 4.90 Å². The van der Waals surface area contributed by atoms with Crippen LogP contribution in [0.1, 0.15) is 31.8 Å². The predicted octanol–water partition coefficient (Wildman–Crippen LogP) is 5.04. The van der Waals surface area contributed by atoms with Crippen LogP contribution in [0.2, 0.25) is 0 Å². The van der Waals surface area contributed by atoms with E-state index in [2.05, 4.69) is 24.0 Å². The van der Waals surface area contributed by atoms with Gasteiger partial charge in [0.2, 0.25) is 0 Å². The maximum Gasteiger partial charge on any atom is 0.266 e. The summed E-state index contributed by atoms with van der Waals surface area (Å²) >= 11 is 0. The zero-order valence-corrected chi connectivity index (χ0v) is 15.4. The van der Waals surface area contributed by atoms with Crippen molar-refractivity contribution < 1.29 is 9.59 Å². The average molecular weight is 373 g/mol. The summed E-state index contributed by atoms with van der Waals surface area (Å²) in [7, 11) is 0. The van der Waals surface area contributed by atoms with Gasteiger partial charge in [0, 0.05) is 11.1 Å². The SMILES string of the molecule is O=C1c2ccc(C#Cc3ccc4ccccc4c3)cc2C(=O)N1c1ccccc1. The largest absolute Gasteiger partial charge is 0.268 e. The second-order valence-electron chi connectivity index (χ2n) is 6.85. The molecule has 0 radical (unpaired) electrons. The van der Waals surface area contributed by atoms with Crippen LogP contribution in [0, 0.1) is 11.8 Å². The van der Waals surface area contributed by atoms with Crippen LogP contribution in [0.3, 0.4) is 0 Å². The van der Waals surface area contributed by atoms with E-state index in [0.29, 0.717) is 22.4 Å². The molecular weight excluding hydrogens is 358 g/mol. The van der Waals surface area contributed by atoms with Crippen LogP contribution in [0.4, 0.5) is 5.69 Å². The van der Waals surface area contributed by atoms with Gasteiger partial charge in [0.1, 0.15) is 0 Å². The van der Waals surface area contributed by atoms with Gasteiger partial charge in [-0.3, -0.25) is 9.59 Å². The van der Waals surface area contributed by atoms with Gasteiger partial charge in [-0.15, -0.1) is 0 Å². The number of hydrogen-bond donors (Lipinski definition) is 0. The first kappa shape index (κ1) is 17.0. The van der Waals surface area contributed by atoms with Crippen molar-refractivity contribution >= 4 is 28.3 Å². The van der Waals surface area contributed by atoms with Crippen molar-refractivity contribution in [3.05, 3.63) is 113 Å². The standard InChI is InChI=1S/C26H15NO2/c28-25-23-15-13-19(11-10-18-12-14-20-6-4-5-7-21(20)16-18)17-24(23)26(29)27(25)22-8-2-1-3-9-22/h1-9,12-17H. The Hall–Kier alpha value is -4.16. The molecule has 1 aliphatic heterocycles. The first-order chi connectivity index (χ1) is 14.2. The Kier molecular flexibility index (Phi) is 3.97. The van der Waals surface area contributed by atoms with Gasteiger partial charge in [-0.2, -0.15) is 0 Å². The molecule has 0 aliphatic carbocycles. The highest BCUT2D eigenvalue weighted by Crippen LogP contribution is 2.28. The second-order valence-corrected chi connectivity index (χ2v) is 6.85. The van der Waals surface area contributed by atoms with E-state index in [4.69, 9.17) is 0 Å². The van der Waals surface area contributed by atoms with E-state index in [1.165, 1.54) is 10.3 Å². The molecule has 0 bridgehead atoms. The van der Waals surface area contributed by atoms with Crippen molar-refractivity contribution in [3.8, 4) is 11.8 Å². The van der Waals surface area contributed by atoms with Gasteiger partial charge in [0.25, 0.3) is 11.8 Å². The van der Waals surface area contributed by atoms with Crippen molar-refractivity contribution in [2.45, 2.75) is 0 Å². The summed E-state index contributed by atoms with van der Waals surface area (Å²) in [5.41, 5.74) is 2.98. The average Bonchev–Trinajstić information content (AvgIpc) is 3.02. The molecule has 0 spiro atoms. The third-order valence-corrected chi connectivity index (χ3v) is 5.00. The van der Waals surface area contributed by atoms with Crippen LogP contribution in [0.15, 0.2) is 91.0 Å². The number of imide groups is 1. The van der Waals surface area contributed by atoms with Crippen molar-refractivity contribution in [2.75, 3.05) is 4.90 Å². The summed E-state index contributed by atoms with van der Waals surface area (Å²) in [6.45, 7) is 0. The summed E-state index contributed by atoms with van der Waals surface area (Å²) in [6.07, 6.45) is 0. The number of anilines is 1. The number of rotatable bonds is 1. The first-order valence-electron chi connectivity index (χ1n) is 9.29. The summed E-state index contributed by atoms with van der Waals surface area (Å²) < 4.78 is 0. The van der Waals surface area contributed by atoms with E-state index >= 15 is 0 Å². The van der Waals surface area contributed by atoms with Crippen LogP contribution in [-0.4, -0.2) is 11.8 Å². The Bertz CT molecular complexity index is 1340. The van der Waals surface area contributed by atoms with Crippen LogP contribution in [-0.2, 0) is 0 Å². The zero-order chi connectivity index (χ0) is 19.8. The van der Waals surface area contributed by atoms with Crippen LogP contribution >= 0.6 is 0 Å². The van der Waals surface area contributed by atoms with E-state index in [-0.39, 0.29) is 11.8 Å². The third-order valence-electron chi connectivity index (χ3n) is 5.00. The Morgan fingerprint density at radius 3 is 1.97 bits per heavy atom. The molecule has 0 aromatic heterocycles. The topological polar surface area (TPSA) is 37.4 Å². The monoisotopic (exact) mass is 373 g/mol.